The molecule has 1 heterocycles. The van der Waals surface area contributed by atoms with Crippen LogP contribution in [-0.2, 0) is 0 Å². The van der Waals surface area contributed by atoms with Crippen molar-refractivity contribution < 1.29 is 4.39 Å². The maximum atomic E-state index is 13.3. The zero-order chi connectivity index (χ0) is 16.2. The molecule has 2 aromatic carbocycles. The molecule has 0 aliphatic heterocycles. The average molecular weight is 308 g/mol. The highest BCUT2D eigenvalue weighted by molar-refractivity contribution is 5.60. The second-order valence-corrected chi connectivity index (χ2v) is 5.35. The SMILES string of the molecule is Cc1ccc(Nc2nccc(Nc3ccc(F)c(C)c3)n2)cc1. The summed E-state index contributed by atoms with van der Waals surface area (Å²) in [6.07, 6.45) is 1.67. The molecule has 0 bridgehead atoms. The third-order valence-electron chi connectivity index (χ3n) is 3.39. The predicted molar refractivity (Wildman–Crippen MR) is 90.9 cm³/mol. The molecule has 2 N–H and O–H groups in total. The van der Waals surface area contributed by atoms with Gasteiger partial charge >= 0.3 is 0 Å². The molecule has 23 heavy (non-hydrogen) atoms. The van der Waals surface area contributed by atoms with E-state index in [1.54, 1.807) is 31.3 Å². The van der Waals surface area contributed by atoms with Crippen molar-refractivity contribution >= 4 is 23.1 Å². The summed E-state index contributed by atoms with van der Waals surface area (Å²) < 4.78 is 13.3. The van der Waals surface area contributed by atoms with Gasteiger partial charge in [0.15, 0.2) is 0 Å². The van der Waals surface area contributed by atoms with Gasteiger partial charge in [-0.1, -0.05) is 17.7 Å². The molecule has 0 fully saturated rings. The second kappa shape index (κ2) is 6.44. The Morgan fingerprint density at radius 3 is 2.35 bits per heavy atom. The normalized spacial score (nSPS) is 10.4. The van der Waals surface area contributed by atoms with E-state index >= 15 is 0 Å². The molecule has 4 nitrogen and oxygen atoms in total. The molecule has 0 amide bonds. The van der Waals surface area contributed by atoms with E-state index in [1.165, 1.54) is 11.6 Å². The minimum absolute atomic E-state index is 0.222. The summed E-state index contributed by atoms with van der Waals surface area (Å²) in [5.74, 6) is 0.915. The first-order valence-electron chi connectivity index (χ1n) is 7.30. The Balaban J connectivity index is 1.76. The van der Waals surface area contributed by atoms with E-state index in [0.29, 0.717) is 17.3 Å². The van der Waals surface area contributed by atoms with Crippen LogP contribution in [0.3, 0.4) is 0 Å². The lowest BCUT2D eigenvalue weighted by molar-refractivity contribution is 0.619. The highest BCUT2D eigenvalue weighted by atomic mass is 19.1. The summed E-state index contributed by atoms with van der Waals surface area (Å²) in [6, 6.07) is 14.6. The Labute approximate surface area is 134 Å². The lowest BCUT2D eigenvalue weighted by Crippen LogP contribution is -2.00. The van der Waals surface area contributed by atoms with Gasteiger partial charge in [0.25, 0.3) is 0 Å². The van der Waals surface area contributed by atoms with E-state index in [-0.39, 0.29) is 5.82 Å². The third-order valence-corrected chi connectivity index (χ3v) is 3.39. The van der Waals surface area contributed by atoms with Gasteiger partial charge in [0.05, 0.1) is 0 Å². The maximum Gasteiger partial charge on any atom is 0.229 e. The minimum atomic E-state index is -0.222. The summed E-state index contributed by atoms with van der Waals surface area (Å²) in [5, 5.41) is 6.31. The monoisotopic (exact) mass is 308 g/mol. The molecule has 0 atom stereocenters. The third kappa shape index (κ3) is 3.83. The molecule has 1 aromatic heterocycles. The molecule has 5 heteroatoms. The lowest BCUT2D eigenvalue weighted by atomic mass is 10.2. The summed E-state index contributed by atoms with van der Waals surface area (Å²) in [7, 11) is 0. The van der Waals surface area contributed by atoms with Crippen molar-refractivity contribution in [1.82, 2.24) is 9.97 Å². The van der Waals surface area contributed by atoms with Gasteiger partial charge in [-0.05, 0) is 55.8 Å². The van der Waals surface area contributed by atoms with Crippen LogP contribution in [-0.4, -0.2) is 9.97 Å². The minimum Gasteiger partial charge on any atom is -0.340 e. The van der Waals surface area contributed by atoms with Gasteiger partial charge in [0.2, 0.25) is 5.95 Å². The lowest BCUT2D eigenvalue weighted by Gasteiger charge is -2.09. The fourth-order valence-electron chi connectivity index (χ4n) is 2.12. The molecule has 0 radical (unpaired) electrons. The van der Waals surface area contributed by atoms with Crippen LogP contribution >= 0.6 is 0 Å². The number of hydrogen-bond acceptors (Lipinski definition) is 4. The Morgan fingerprint density at radius 2 is 1.61 bits per heavy atom. The number of aryl methyl sites for hydroxylation is 2. The molecule has 0 unspecified atom stereocenters. The van der Waals surface area contributed by atoms with E-state index in [2.05, 4.69) is 20.6 Å². The quantitative estimate of drug-likeness (QED) is 0.732. The van der Waals surface area contributed by atoms with Gasteiger partial charge < -0.3 is 10.6 Å². The summed E-state index contributed by atoms with van der Waals surface area (Å²) in [5.41, 5.74) is 3.48. The van der Waals surface area contributed by atoms with Gasteiger partial charge in [0.1, 0.15) is 11.6 Å². The van der Waals surface area contributed by atoms with Crippen molar-refractivity contribution in [2.45, 2.75) is 13.8 Å². The molecular weight excluding hydrogens is 291 g/mol. The van der Waals surface area contributed by atoms with E-state index in [9.17, 15) is 4.39 Å². The summed E-state index contributed by atoms with van der Waals surface area (Å²) >= 11 is 0. The maximum absolute atomic E-state index is 13.3. The van der Waals surface area contributed by atoms with E-state index < -0.39 is 0 Å². The first-order chi connectivity index (χ1) is 11.1. The topological polar surface area (TPSA) is 49.8 Å². The standard InChI is InChI=1S/C18H17FN4/c1-12-3-5-14(6-4-12)22-18-20-10-9-17(23-18)21-15-7-8-16(19)13(2)11-15/h3-11H,1-2H3,(H2,20,21,22,23). The molecule has 116 valence electrons. The molecule has 0 saturated heterocycles. The molecule has 0 aliphatic carbocycles. The molecule has 0 saturated carbocycles. The van der Waals surface area contributed by atoms with Crippen molar-refractivity contribution in [2.75, 3.05) is 10.6 Å². The van der Waals surface area contributed by atoms with Crippen LogP contribution in [0.2, 0.25) is 0 Å². The predicted octanol–water partition coefficient (Wildman–Crippen LogP) is 4.72. The van der Waals surface area contributed by atoms with Gasteiger partial charge in [0, 0.05) is 17.6 Å². The van der Waals surface area contributed by atoms with Crippen LogP contribution in [0.4, 0.5) is 27.5 Å². The first-order valence-corrected chi connectivity index (χ1v) is 7.30. The van der Waals surface area contributed by atoms with Crippen LogP contribution in [0.5, 0.6) is 0 Å². The Morgan fingerprint density at radius 1 is 0.870 bits per heavy atom. The Kier molecular flexibility index (Phi) is 4.19. The van der Waals surface area contributed by atoms with E-state index in [1.807, 2.05) is 31.2 Å². The smallest absolute Gasteiger partial charge is 0.229 e. The Bertz CT molecular complexity index is 816. The number of halogens is 1. The van der Waals surface area contributed by atoms with Gasteiger partial charge in [-0.3, -0.25) is 0 Å². The number of nitrogens with one attached hydrogen (secondary N) is 2. The molecule has 0 aliphatic rings. The van der Waals surface area contributed by atoms with Crippen molar-refractivity contribution in [3.63, 3.8) is 0 Å². The van der Waals surface area contributed by atoms with Crippen molar-refractivity contribution in [2.24, 2.45) is 0 Å². The highest BCUT2D eigenvalue weighted by Gasteiger charge is 2.03. The number of rotatable bonds is 4. The van der Waals surface area contributed by atoms with Gasteiger partial charge in [-0.25, -0.2) is 9.37 Å². The summed E-state index contributed by atoms with van der Waals surface area (Å²) in [6.45, 7) is 3.76. The van der Waals surface area contributed by atoms with Crippen LogP contribution < -0.4 is 10.6 Å². The largest absolute Gasteiger partial charge is 0.340 e. The average Bonchev–Trinajstić information content (AvgIpc) is 2.54. The summed E-state index contributed by atoms with van der Waals surface area (Å²) in [4.78, 5) is 8.62. The fourth-order valence-corrected chi connectivity index (χ4v) is 2.12. The van der Waals surface area contributed by atoms with Crippen LogP contribution in [0, 0.1) is 19.7 Å². The van der Waals surface area contributed by atoms with Crippen LogP contribution in [0.15, 0.2) is 54.7 Å². The zero-order valence-corrected chi connectivity index (χ0v) is 13.0. The van der Waals surface area contributed by atoms with Crippen LogP contribution in [0.1, 0.15) is 11.1 Å². The molecule has 3 aromatic rings. The zero-order valence-electron chi connectivity index (χ0n) is 13.0. The van der Waals surface area contributed by atoms with Gasteiger partial charge in [-0.2, -0.15) is 4.98 Å². The fraction of sp³-hybridized carbons (Fsp3) is 0.111. The molecule has 0 spiro atoms. The number of nitrogens with zero attached hydrogens (tertiary/aromatic N) is 2. The highest BCUT2D eigenvalue weighted by Crippen LogP contribution is 2.19. The second-order valence-electron chi connectivity index (χ2n) is 5.35. The van der Waals surface area contributed by atoms with Crippen molar-refractivity contribution in [3.05, 3.63) is 71.7 Å². The van der Waals surface area contributed by atoms with Gasteiger partial charge in [-0.15, -0.1) is 0 Å². The number of aromatic nitrogens is 2. The van der Waals surface area contributed by atoms with E-state index in [4.69, 9.17) is 0 Å². The molecular formula is C18H17FN4. The van der Waals surface area contributed by atoms with Crippen LogP contribution in [0.25, 0.3) is 0 Å². The van der Waals surface area contributed by atoms with Crippen molar-refractivity contribution in [1.29, 1.82) is 0 Å². The number of benzene rings is 2. The van der Waals surface area contributed by atoms with E-state index in [0.717, 1.165) is 11.4 Å². The number of hydrogen-bond donors (Lipinski definition) is 2. The molecule has 3 rings (SSSR count). The first kappa shape index (κ1) is 15.0. The van der Waals surface area contributed by atoms with Crippen molar-refractivity contribution in [3.8, 4) is 0 Å². The number of anilines is 4. The Hall–Kier alpha value is -2.95.